The summed E-state index contributed by atoms with van der Waals surface area (Å²) < 4.78 is 21.4. The number of hydrogen-bond acceptors (Lipinski definition) is 5. The van der Waals surface area contributed by atoms with Gasteiger partial charge in [-0.2, -0.15) is 0 Å². The maximum atomic E-state index is 13.0. The predicted octanol–water partition coefficient (Wildman–Crippen LogP) is 4.02. The third kappa shape index (κ3) is 5.09. The third-order valence-corrected chi connectivity index (χ3v) is 5.23. The van der Waals surface area contributed by atoms with E-state index in [-0.39, 0.29) is 18.7 Å². The van der Waals surface area contributed by atoms with Crippen molar-refractivity contribution in [3.8, 4) is 23.0 Å². The Morgan fingerprint density at radius 1 is 0.871 bits per heavy atom. The lowest BCUT2D eigenvalue weighted by molar-refractivity contribution is 0.0936. The van der Waals surface area contributed by atoms with E-state index in [0.717, 1.165) is 28.4 Å². The van der Waals surface area contributed by atoms with Crippen LogP contribution in [0.5, 0.6) is 23.0 Å². The molecule has 160 valence electrons. The zero-order valence-electron chi connectivity index (χ0n) is 17.6. The molecule has 0 aliphatic carbocycles. The molecule has 0 aromatic heterocycles. The molecule has 1 unspecified atom stereocenters. The minimum atomic E-state index is -0.141. The van der Waals surface area contributed by atoms with Crippen LogP contribution in [0.1, 0.15) is 21.5 Å². The third-order valence-electron chi connectivity index (χ3n) is 5.23. The summed E-state index contributed by atoms with van der Waals surface area (Å²) >= 11 is 0. The molecule has 1 N–H and O–H groups in total. The quantitative estimate of drug-likeness (QED) is 0.598. The molecule has 1 amide bonds. The molecular formula is C25H25NO5. The number of hydrogen-bond donors (Lipinski definition) is 1. The number of carbonyl (C=O) groups is 1. The smallest absolute Gasteiger partial charge is 0.251 e. The number of ether oxygens (including phenoxy) is 4. The summed E-state index contributed by atoms with van der Waals surface area (Å²) in [4.78, 5) is 13.0. The molecule has 3 aromatic carbocycles. The Balaban J connectivity index is 1.54. The van der Waals surface area contributed by atoms with Gasteiger partial charge in [-0.3, -0.25) is 4.79 Å². The van der Waals surface area contributed by atoms with E-state index >= 15 is 0 Å². The average Bonchev–Trinajstić information content (AvgIpc) is 3.27. The van der Waals surface area contributed by atoms with E-state index < -0.39 is 0 Å². The first kappa shape index (κ1) is 20.6. The second-order valence-corrected chi connectivity index (χ2v) is 7.35. The van der Waals surface area contributed by atoms with E-state index in [9.17, 15) is 4.79 Å². The van der Waals surface area contributed by atoms with Crippen molar-refractivity contribution in [2.24, 2.45) is 0 Å². The summed E-state index contributed by atoms with van der Waals surface area (Å²) in [5.74, 6) is 2.79. The van der Waals surface area contributed by atoms with Gasteiger partial charge in [0.05, 0.1) is 14.2 Å². The van der Waals surface area contributed by atoms with Crippen LogP contribution in [0.15, 0.2) is 66.7 Å². The number of methoxy groups -OCH3 is 2. The van der Waals surface area contributed by atoms with Gasteiger partial charge in [0.25, 0.3) is 5.91 Å². The summed E-state index contributed by atoms with van der Waals surface area (Å²) in [7, 11) is 3.23. The minimum absolute atomic E-state index is 0.118. The van der Waals surface area contributed by atoms with Crippen LogP contribution in [0, 0.1) is 0 Å². The van der Waals surface area contributed by atoms with Crippen LogP contribution in [0.25, 0.3) is 0 Å². The van der Waals surface area contributed by atoms with Crippen molar-refractivity contribution in [2.75, 3.05) is 21.0 Å². The number of amides is 1. The topological polar surface area (TPSA) is 66.0 Å². The Kier molecular flexibility index (Phi) is 6.26. The summed E-state index contributed by atoms with van der Waals surface area (Å²) in [6.07, 6.45) is 1.33. The van der Waals surface area contributed by atoms with Crippen molar-refractivity contribution >= 4 is 5.91 Å². The van der Waals surface area contributed by atoms with Crippen LogP contribution in [0.3, 0.4) is 0 Å². The van der Waals surface area contributed by atoms with Crippen LogP contribution >= 0.6 is 0 Å². The van der Waals surface area contributed by atoms with Crippen LogP contribution in [0.4, 0.5) is 0 Å². The molecule has 4 rings (SSSR count). The molecule has 1 heterocycles. The van der Waals surface area contributed by atoms with E-state index in [2.05, 4.69) is 5.32 Å². The number of fused-ring (bicyclic) bond motifs is 1. The molecule has 3 aromatic rings. The Bertz CT molecular complexity index is 1050. The van der Waals surface area contributed by atoms with Gasteiger partial charge in [-0.05, 0) is 66.4 Å². The van der Waals surface area contributed by atoms with Crippen molar-refractivity contribution in [2.45, 2.75) is 18.9 Å². The number of nitrogens with one attached hydrogen (secondary N) is 1. The van der Waals surface area contributed by atoms with Crippen LogP contribution in [-0.4, -0.2) is 33.0 Å². The largest absolute Gasteiger partial charge is 0.497 e. The molecule has 6 nitrogen and oxygen atoms in total. The maximum absolute atomic E-state index is 13.0. The molecule has 0 saturated heterocycles. The van der Waals surface area contributed by atoms with Gasteiger partial charge in [0.2, 0.25) is 6.79 Å². The van der Waals surface area contributed by atoms with Crippen molar-refractivity contribution in [1.82, 2.24) is 5.32 Å². The van der Waals surface area contributed by atoms with E-state index in [1.165, 1.54) is 0 Å². The first-order valence-corrected chi connectivity index (χ1v) is 10.1. The highest BCUT2D eigenvalue weighted by Crippen LogP contribution is 2.33. The van der Waals surface area contributed by atoms with Gasteiger partial charge in [-0.1, -0.05) is 24.3 Å². The summed E-state index contributed by atoms with van der Waals surface area (Å²) in [6, 6.07) is 20.8. The molecular weight excluding hydrogens is 394 g/mol. The summed E-state index contributed by atoms with van der Waals surface area (Å²) in [6.45, 7) is 0.237. The number of carbonyl (C=O) groups excluding carboxylic acids is 1. The first-order valence-electron chi connectivity index (χ1n) is 10.1. The molecule has 31 heavy (non-hydrogen) atoms. The molecule has 6 heteroatoms. The minimum Gasteiger partial charge on any atom is -0.497 e. The monoisotopic (exact) mass is 419 g/mol. The van der Waals surface area contributed by atoms with Crippen LogP contribution in [0.2, 0.25) is 0 Å². The Labute approximate surface area is 181 Å². The Hall–Kier alpha value is -3.67. The average molecular weight is 419 g/mol. The van der Waals surface area contributed by atoms with E-state index in [1.807, 2.05) is 54.6 Å². The van der Waals surface area contributed by atoms with E-state index in [1.54, 1.807) is 26.4 Å². The predicted molar refractivity (Wildman–Crippen MR) is 117 cm³/mol. The van der Waals surface area contributed by atoms with Gasteiger partial charge in [0, 0.05) is 11.6 Å². The molecule has 0 bridgehead atoms. The van der Waals surface area contributed by atoms with E-state index in [0.29, 0.717) is 24.2 Å². The highest BCUT2D eigenvalue weighted by molar-refractivity contribution is 5.94. The fourth-order valence-electron chi connectivity index (χ4n) is 3.61. The summed E-state index contributed by atoms with van der Waals surface area (Å²) in [5, 5.41) is 3.18. The molecule has 1 aliphatic rings. The van der Waals surface area contributed by atoms with Gasteiger partial charge in [0.15, 0.2) is 11.5 Å². The zero-order chi connectivity index (χ0) is 21.6. The van der Waals surface area contributed by atoms with Crippen LogP contribution < -0.4 is 24.3 Å². The van der Waals surface area contributed by atoms with Gasteiger partial charge in [-0.25, -0.2) is 0 Å². The lowest BCUT2D eigenvalue weighted by atomic mass is 9.98. The Morgan fingerprint density at radius 2 is 1.58 bits per heavy atom. The zero-order valence-corrected chi connectivity index (χ0v) is 17.6. The highest BCUT2D eigenvalue weighted by atomic mass is 16.7. The lowest BCUT2D eigenvalue weighted by Gasteiger charge is -2.20. The van der Waals surface area contributed by atoms with Crippen molar-refractivity contribution in [1.29, 1.82) is 0 Å². The Morgan fingerprint density at radius 3 is 2.35 bits per heavy atom. The fourth-order valence-corrected chi connectivity index (χ4v) is 3.61. The standard InChI is InChI=1S/C25H25NO5/c1-28-21-9-6-17(7-10-21)12-20(13-18-8-11-23-24(14-18)31-16-30-23)26-25(27)19-4-3-5-22(15-19)29-2/h3-11,14-15,20H,12-13,16H2,1-2H3,(H,26,27). The highest BCUT2D eigenvalue weighted by Gasteiger charge is 2.19. The first-order chi connectivity index (χ1) is 15.1. The number of rotatable bonds is 8. The molecule has 1 aliphatic heterocycles. The van der Waals surface area contributed by atoms with Gasteiger partial charge in [-0.15, -0.1) is 0 Å². The van der Waals surface area contributed by atoms with Crippen molar-refractivity contribution in [3.63, 3.8) is 0 Å². The van der Waals surface area contributed by atoms with E-state index in [4.69, 9.17) is 18.9 Å². The second-order valence-electron chi connectivity index (χ2n) is 7.35. The molecule has 0 radical (unpaired) electrons. The van der Waals surface area contributed by atoms with Crippen molar-refractivity contribution < 1.29 is 23.7 Å². The molecule has 1 atom stereocenters. The van der Waals surface area contributed by atoms with Crippen LogP contribution in [-0.2, 0) is 12.8 Å². The number of benzene rings is 3. The second kappa shape index (κ2) is 9.43. The van der Waals surface area contributed by atoms with Gasteiger partial charge < -0.3 is 24.3 Å². The lowest BCUT2D eigenvalue weighted by Crippen LogP contribution is -2.38. The fraction of sp³-hybridized carbons (Fsp3) is 0.240. The summed E-state index contributed by atoms with van der Waals surface area (Å²) in [5.41, 5.74) is 2.73. The van der Waals surface area contributed by atoms with Crippen molar-refractivity contribution in [3.05, 3.63) is 83.4 Å². The van der Waals surface area contributed by atoms with Gasteiger partial charge >= 0.3 is 0 Å². The maximum Gasteiger partial charge on any atom is 0.251 e. The normalized spacial score (nSPS) is 12.8. The molecule has 0 saturated carbocycles. The molecule has 0 spiro atoms. The SMILES string of the molecule is COc1ccc(CC(Cc2ccc3c(c2)OCO3)NC(=O)c2cccc(OC)c2)cc1. The van der Waals surface area contributed by atoms with Gasteiger partial charge in [0.1, 0.15) is 11.5 Å². The molecule has 0 fully saturated rings.